The number of amides is 1. The third kappa shape index (κ3) is 0.519. The van der Waals surface area contributed by atoms with Crippen LogP contribution in [0.5, 0.6) is 0 Å². The molecule has 3 nitrogen and oxygen atoms in total. The topological polar surface area (TPSA) is 29.5 Å². The first kappa shape index (κ1) is 7.46. The largest absolute Gasteiger partial charge is 0.353 e. The zero-order valence-electron chi connectivity index (χ0n) is 8.19. The van der Waals surface area contributed by atoms with Crippen LogP contribution >= 0.6 is 0 Å². The van der Waals surface area contributed by atoms with Crippen LogP contribution in [0, 0.1) is 11.3 Å². The molecule has 1 aliphatic carbocycles. The van der Waals surface area contributed by atoms with Crippen LogP contribution in [0.4, 0.5) is 0 Å². The number of hydrogen-bond donors (Lipinski definition) is 0. The number of carbonyl (C=O) groups excluding carboxylic acids is 1. The Labute approximate surface area is 82.7 Å². The Hall–Kier alpha value is -0.830. The maximum atomic E-state index is 12.0. The monoisotopic (exact) mass is 191 g/mol. The molecule has 4 aliphatic rings. The zero-order chi connectivity index (χ0) is 9.55. The van der Waals surface area contributed by atoms with E-state index >= 15 is 0 Å². The molecule has 0 unspecified atom stereocenters. The molecule has 74 valence electrons. The minimum absolute atomic E-state index is 0.171. The molecule has 4 rings (SSSR count). The van der Waals surface area contributed by atoms with Gasteiger partial charge in [0.15, 0.2) is 5.60 Å². The van der Waals surface area contributed by atoms with E-state index in [2.05, 4.69) is 6.08 Å². The van der Waals surface area contributed by atoms with Crippen LogP contribution in [-0.4, -0.2) is 36.1 Å². The molecule has 0 aromatic heterocycles. The minimum Gasteiger partial charge on any atom is -0.353 e. The van der Waals surface area contributed by atoms with Crippen LogP contribution < -0.4 is 0 Å². The predicted octanol–water partition coefficient (Wildman–Crippen LogP) is 0.562. The number of likely N-dealkylation sites (N-methyl/N-ethyl adjacent to an activating group) is 1. The summed E-state index contributed by atoms with van der Waals surface area (Å²) in [6.07, 6.45) is 6.86. The summed E-state index contributed by atoms with van der Waals surface area (Å²) in [6.45, 7) is 0.889. The lowest BCUT2D eigenvalue weighted by molar-refractivity contribution is -0.141. The molecule has 3 fully saturated rings. The smallest absolute Gasteiger partial charge is 0.259 e. The normalized spacial score (nSPS) is 50.6. The molecule has 0 aromatic carbocycles. The summed E-state index contributed by atoms with van der Waals surface area (Å²) < 4.78 is 5.94. The van der Waals surface area contributed by atoms with Crippen LogP contribution in [-0.2, 0) is 9.53 Å². The predicted molar refractivity (Wildman–Crippen MR) is 49.5 cm³/mol. The lowest BCUT2D eigenvalue weighted by Crippen LogP contribution is -2.39. The van der Waals surface area contributed by atoms with Crippen molar-refractivity contribution in [2.45, 2.75) is 24.5 Å². The standard InChI is InChI=1S/C11H13NO2/c1-12-6-7-10(4-5-10)8-2-3-11(7,14-8)9(12)13/h2-3,7-8H,4-6H2,1H3/t7-,8-,11+/m1/s1. The Morgan fingerprint density at radius 1 is 1.57 bits per heavy atom. The van der Waals surface area contributed by atoms with Gasteiger partial charge in [-0.2, -0.15) is 0 Å². The molecule has 0 aromatic rings. The van der Waals surface area contributed by atoms with Crippen molar-refractivity contribution in [2.24, 2.45) is 11.3 Å². The van der Waals surface area contributed by atoms with Gasteiger partial charge in [0.2, 0.25) is 0 Å². The number of hydrogen-bond acceptors (Lipinski definition) is 2. The van der Waals surface area contributed by atoms with Crippen LogP contribution in [0.2, 0.25) is 0 Å². The van der Waals surface area contributed by atoms with Gasteiger partial charge in [0.1, 0.15) is 0 Å². The molecular formula is C11H13NO2. The SMILES string of the molecule is CN1C[C@@H]2C3(CC3)[C@H]3C=C[C@@]2(O3)C1=O. The Morgan fingerprint density at radius 2 is 2.36 bits per heavy atom. The Bertz CT molecular complexity index is 371. The third-order valence-corrected chi connectivity index (χ3v) is 4.58. The second kappa shape index (κ2) is 1.78. The van der Waals surface area contributed by atoms with Crippen molar-refractivity contribution in [1.29, 1.82) is 0 Å². The molecule has 1 amide bonds. The molecule has 0 N–H and O–H groups in total. The molecule has 2 spiro atoms. The molecule has 2 bridgehead atoms. The highest BCUT2D eigenvalue weighted by molar-refractivity contribution is 5.92. The van der Waals surface area contributed by atoms with Crippen molar-refractivity contribution in [3.8, 4) is 0 Å². The second-order valence-electron chi connectivity index (χ2n) is 5.16. The molecule has 3 heteroatoms. The van der Waals surface area contributed by atoms with Crippen molar-refractivity contribution in [1.82, 2.24) is 4.90 Å². The Kier molecular flexibility index (Phi) is 0.951. The van der Waals surface area contributed by atoms with E-state index in [-0.39, 0.29) is 12.0 Å². The van der Waals surface area contributed by atoms with Crippen molar-refractivity contribution >= 4 is 5.91 Å². The van der Waals surface area contributed by atoms with E-state index in [1.54, 1.807) is 0 Å². The summed E-state index contributed by atoms with van der Waals surface area (Å²) >= 11 is 0. The van der Waals surface area contributed by atoms with Crippen LogP contribution in [0.1, 0.15) is 12.8 Å². The molecule has 3 heterocycles. The van der Waals surface area contributed by atoms with Gasteiger partial charge in [-0.3, -0.25) is 4.79 Å². The molecule has 3 aliphatic heterocycles. The summed E-state index contributed by atoms with van der Waals surface area (Å²) in [6, 6.07) is 0. The molecule has 2 saturated heterocycles. The van der Waals surface area contributed by atoms with Gasteiger partial charge >= 0.3 is 0 Å². The zero-order valence-corrected chi connectivity index (χ0v) is 8.19. The number of rotatable bonds is 0. The first-order valence-corrected chi connectivity index (χ1v) is 5.32. The summed E-state index contributed by atoms with van der Waals surface area (Å²) in [4.78, 5) is 13.9. The van der Waals surface area contributed by atoms with Gasteiger partial charge in [-0.15, -0.1) is 0 Å². The third-order valence-electron chi connectivity index (χ3n) is 4.58. The lowest BCUT2D eigenvalue weighted by Gasteiger charge is -2.23. The number of nitrogens with zero attached hydrogens (tertiary/aromatic N) is 1. The molecule has 1 saturated carbocycles. The van der Waals surface area contributed by atoms with Crippen molar-refractivity contribution in [3.63, 3.8) is 0 Å². The fourth-order valence-electron chi connectivity index (χ4n) is 3.67. The van der Waals surface area contributed by atoms with E-state index in [0.717, 1.165) is 6.54 Å². The van der Waals surface area contributed by atoms with Crippen LogP contribution in [0.25, 0.3) is 0 Å². The maximum Gasteiger partial charge on any atom is 0.259 e. The number of fused-ring (bicyclic) bond motifs is 3. The van der Waals surface area contributed by atoms with Gasteiger partial charge in [0.25, 0.3) is 5.91 Å². The highest BCUT2D eigenvalue weighted by Gasteiger charge is 2.75. The van der Waals surface area contributed by atoms with Gasteiger partial charge in [-0.1, -0.05) is 6.08 Å². The molecular weight excluding hydrogens is 178 g/mol. The average Bonchev–Trinajstić information content (AvgIpc) is 2.68. The average molecular weight is 191 g/mol. The van der Waals surface area contributed by atoms with Crippen molar-refractivity contribution < 1.29 is 9.53 Å². The fourth-order valence-corrected chi connectivity index (χ4v) is 3.67. The van der Waals surface area contributed by atoms with Gasteiger partial charge in [0, 0.05) is 24.9 Å². The fraction of sp³-hybridized carbons (Fsp3) is 0.727. The van der Waals surface area contributed by atoms with Crippen LogP contribution in [0.15, 0.2) is 12.2 Å². The maximum absolute atomic E-state index is 12.0. The number of ether oxygens (including phenoxy) is 1. The van der Waals surface area contributed by atoms with E-state index in [1.165, 1.54) is 12.8 Å². The highest BCUT2D eigenvalue weighted by Crippen LogP contribution is 2.69. The lowest BCUT2D eigenvalue weighted by atomic mass is 9.75. The first-order valence-electron chi connectivity index (χ1n) is 5.32. The van der Waals surface area contributed by atoms with Crippen LogP contribution in [0.3, 0.4) is 0 Å². The first-order chi connectivity index (χ1) is 6.69. The van der Waals surface area contributed by atoms with Crippen molar-refractivity contribution in [3.05, 3.63) is 12.2 Å². The molecule has 3 atom stereocenters. The Balaban J connectivity index is 1.91. The summed E-state index contributed by atoms with van der Waals surface area (Å²) in [7, 11) is 1.88. The number of carbonyl (C=O) groups is 1. The highest BCUT2D eigenvalue weighted by atomic mass is 16.5. The van der Waals surface area contributed by atoms with Gasteiger partial charge < -0.3 is 9.64 Å². The molecule has 14 heavy (non-hydrogen) atoms. The van der Waals surface area contributed by atoms with E-state index < -0.39 is 5.60 Å². The van der Waals surface area contributed by atoms with E-state index in [9.17, 15) is 4.79 Å². The molecule has 0 radical (unpaired) electrons. The van der Waals surface area contributed by atoms with Crippen molar-refractivity contribution in [2.75, 3.05) is 13.6 Å². The van der Waals surface area contributed by atoms with Gasteiger partial charge in [-0.25, -0.2) is 0 Å². The number of likely N-dealkylation sites (tertiary alicyclic amines) is 1. The van der Waals surface area contributed by atoms with E-state index in [0.29, 0.717) is 11.3 Å². The quantitative estimate of drug-likeness (QED) is 0.524. The van der Waals surface area contributed by atoms with E-state index in [1.807, 2.05) is 18.0 Å². The summed E-state index contributed by atoms with van der Waals surface area (Å²) in [5.74, 6) is 0.604. The van der Waals surface area contributed by atoms with E-state index in [4.69, 9.17) is 4.74 Å². The summed E-state index contributed by atoms with van der Waals surface area (Å²) in [5.41, 5.74) is -0.203. The van der Waals surface area contributed by atoms with Gasteiger partial charge in [-0.05, 0) is 18.9 Å². The second-order valence-corrected chi connectivity index (χ2v) is 5.16. The Morgan fingerprint density at radius 3 is 3.07 bits per heavy atom. The summed E-state index contributed by atoms with van der Waals surface area (Å²) in [5, 5.41) is 0. The van der Waals surface area contributed by atoms with Gasteiger partial charge in [0.05, 0.1) is 6.10 Å². The minimum atomic E-state index is -0.546.